The predicted molar refractivity (Wildman–Crippen MR) is 117 cm³/mol. The Morgan fingerprint density at radius 2 is 2.15 bits per heavy atom. The molecule has 0 radical (unpaired) electrons. The molecule has 1 aromatic carbocycles. The van der Waals surface area contributed by atoms with Crippen molar-refractivity contribution in [1.29, 1.82) is 5.26 Å². The maximum absolute atomic E-state index is 13.9. The van der Waals surface area contributed by atoms with Crippen LogP contribution in [0.4, 0.5) is 4.39 Å². The monoisotopic (exact) mass is 462 g/mol. The van der Waals surface area contributed by atoms with Gasteiger partial charge >= 0.3 is 0 Å². The highest BCUT2D eigenvalue weighted by Crippen LogP contribution is 2.31. The van der Waals surface area contributed by atoms with Crippen molar-refractivity contribution in [2.24, 2.45) is 0 Å². The van der Waals surface area contributed by atoms with Crippen LogP contribution in [-0.4, -0.2) is 79.7 Å². The highest BCUT2D eigenvalue weighted by molar-refractivity contribution is 5.78. The summed E-state index contributed by atoms with van der Waals surface area (Å²) in [7, 11) is 0. The highest BCUT2D eigenvalue weighted by Gasteiger charge is 2.36. The first-order valence-corrected chi connectivity index (χ1v) is 11.0. The smallest absolute Gasteiger partial charge is 0.228 e. The van der Waals surface area contributed by atoms with E-state index in [1.807, 2.05) is 17.0 Å². The average Bonchev–Trinajstić information content (AvgIpc) is 3.39. The van der Waals surface area contributed by atoms with Gasteiger partial charge in [0.1, 0.15) is 18.2 Å². The lowest BCUT2D eigenvalue weighted by atomic mass is 9.96. The minimum absolute atomic E-state index is 0.0255. The Balaban J connectivity index is 1.19. The summed E-state index contributed by atoms with van der Waals surface area (Å²) >= 11 is 0. The van der Waals surface area contributed by atoms with E-state index >= 15 is 0 Å². The minimum atomic E-state index is -0.510. The number of morpholine rings is 1. The molecule has 10 nitrogen and oxygen atoms in total. The van der Waals surface area contributed by atoms with Crippen molar-refractivity contribution in [3.05, 3.63) is 65.0 Å². The largest absolute Gasteiger partial charge is 0.370 e. The molecule has 0 saturated carbocycles. The van der Waals surface area contributed by atoms with Crippen LogP contribution >= 0.6 is 0 Å². The molecule has 0 spiro atoms. The second-order valence-corrected chi connectivity index (χ2v) is 8.50. The number of benzene rings is 1. The van der Waals surface area contributed by atoms with Crippen LogP contribution in [0.1, 0.15) is 28.5 Å². The second kappa shape index (κ2) is 9.24. The number of rotatable bonds is 4. The fraction of sp³-hybridized carbons (Fsp3) is 0.391. The van der Waals surface area contributed by atoms with Gasteiger partial charge in [-0.1, -0.05) is 6.07 Å². The number of tetrazole rings is 1. The Morgan fingerprint density at radius 3 is 2.88 bits per heavy atom. The Labute approximate surface area is 195 Å². The fourth-order valence-corrected chi connectivity index (χ4v) is 4.58. The highest BCUT2D eigenvalue weighted by atomic mass is 19.1. The SMILES string of the molecule is Cc1c(C2CN3CCN(C(=O)Cc4ccc(-n5cnnn5)cn4)CC3CO2)ccc(F)c1C#N. The summed E-state index contributed by atoms with van der Waals surface area (Å²) < 4.78 is 21.5. The summed E-state index contributed by atoms with van der Waals surface area (Å²) in [5, 5.41) is 20.3. The topological polar surface area (TPSA) is 113 Å². The molecule has 2 fully saturated rings. The molecule has 2 aliphatic heterocycles. The number of nitriles is 1. The number of aromatic nitrogens is 5. The summed E-state index contributed by atoms with van der Waals surface area (Å²) in [4.78, 5) is 21.5. The molecule has 0 aliphatic carbocycles. The van der Waals surface area contributed by atoms with E-state index in [-0.39, 0.29) is 30.0 Å². The first-order valence-electron chi connectivity index (χ1n) is 11.0. The molecule has 34 heavy (non-hydrogen) atoms. The lowest BCUT2D eigenvalue weighted by Crippen LogP contribution is -2.59. The van der Waals surface area contributed by atoms with Crippen LogP contribution in [0.5, 0.6) is 0 Å². The summed E-state index contributed by atoms with van der Waals surface area (Å²) in [6, 6.07) is 8.71. The van der Waals surface area contributed by atoms with Gasteiger partial charge in [0.15, 0.2) is 0 Å². The van der Waals surface area contributed by atoms with E-state index < -0.39 is 5.82 Å². The van der Waals surface area contributed by atoms with Crippen LogP contribution in [0.3, 0.4) is 0 Å². The van der Waals surface area contributed by atoms with Crippen LogP contribution in [0.15, 0.2) is 36.8 Å². The molecule has 5 rings (SSSR count). The molecular weight excluding hydrogens is 439 g/mol. The predicted octanol–water partition coefficient (Wildman–Crippen LogP) is 1.20. The first-order chi connectivity index (χ1) is 16.5. The lowest BCUT2D eigenvalue weighted by Gasteiger charge is -2.46. The van der Waals surface area contributed by atoms with Crippen molar-refractivity contribution in [3.8, 4) is 11.8 Å². The molecule has 2 aliphatic rings. The number of halogens is 1. The van der Waals surface area contributed by atoms with Gasteiger partial charge in [-0.25, -0.2) is 4.39 Å². The van der Waals surface area contributed by atoms with Gasteiger partial charge in [0.2, 0.25) is 5.91 Å². The van der Waals surface area contributed by atoms with E-state index in [1.165, 1.54) is 17.1 Å². The maximum Gasteiger partial charge on any atom is 0.228 e. The number of amides is 1. The summed E-state index contributed by atoms with van der Waals surface area (Å²) in [5.74, 6) is -0.485. The number of fused-ring (bicyclic) bond motifs is 1. The molecule has 2 atom stereocenters. The third-order valence-corrected chi connectivity index (χ3v) is 6.52. The van der Waals surface area contributed by atoms with Gasteiger partial charge in [-0.05, 0) is 46.7 Å². The van der Waals surface area contributed by atoms with E-state index in [1.54, 1.807) is 25.3 Å². The zero-order valence-corrected chi connectivity index (χ0v) is 18.6. The third kappa shape index (κ3) is 4.25. The number of piperazine rings is 1. The molecule has 174 valence electrons. The van der Waals surface area contributed by atoms with Gasteiger partial charge in [0.05, 0.1) is 42.6 Å². The van der Waals surface area contributed by atoms with E-state index in [2.05, 4.69) is 25.4 Å². The molecule has 0 N–H and O–H groups in total. The van der Waals surface area contributed by atoms with Crippen molar-refractivity contribution in [1.82, 2.24) is 35.0 Å². The molecule has 4 heterocycles. The normalized spacial score (nSPS) is 20.6. The molecule has 3 aromatic rings. The van der Waals surface area contributed by atoms with Crippen molar-refractivity contribution in [3.63, 3.8) is 0 Å². The Hall–Kier alpha value is -3.75. The molecule has 2 aromatic heterocycles. The third-order valence-electron chi connectivity index (χ3n) is 6.52. The zero-order valence-electron chi connectivity index (χ0n) is 18.6. The van der Waals surface area contributed by atoms with Crippen LogP contribution < -0.4 is 0 Å². The maximum atomic E-state index is 13.9. The summed E-state index contributed by atoms with van der Waals surface area (Å²) in [5.41, 5.74) is 2.94. The van der Waals surface area contributed by atoms with Gasteiger partial charge in [-0.2, -0.15) is 9.94 Å². The number of hydrogen-bond acceptors (Lipinski definition) is 8. The van der Waals surface area contributed by atoms with Crippen LogP contribution in [0, 0.1) is 24.1 Å². The quantitative estimate of drug-likeness (QED) is 0.569. The van der Waals surface area contributed by atoms with Crippen molar-refractivity contribution >= 4 is 5.91 Å². The standard InChI is InChI=1S/C23H23FN8O2/c1-15-19(4-5-21(24)20(15)9-25)22-12-30-6-7-31(11-18(30)13-34-22)23(33)8-16-2-3-17(10-26-16)32-14-27-28-29-32/h2-5,10,14,18,22H,6-8,11-13H2,1H3. The molecule has 0 bridgehead atoms. The number of carbonyl (C=O) groups excluding carboxylic acids is 1. The summed E-state index contributed by atoms with van der Waals surface area (Å²) in [6.45, 7) is 4.80. The lowest BCUT2D eigenvalue weighted by molar-refractivity contribution is -0.139. The molecule has 11 heteroatoms. The van der Waals surface area contributed by atoms with Gasteiger partial charge in [-0.3, -0.25) is 14.7 Å². The first kappa shape index (κ1) is 22.1. The van der Waals surface area contributed by atoms with Gasteiger partial charge in [0, 0.05) is 31.9 Å². The Bertz CT molecular complexity index is 1230. The van der Waals surface area contributed by atoms with E-state index in [4.69, 9.17) is 4.74 Å². The van der Waals surface area contributed by atoms with E-state index in [9.17, 15) is 14.4 Å². The molecule has 2 saturated heterocycles. The Kier molecular flexibility index (Phi) is 6.00. The zero-order chi connectivity index (χ0) is 23.7. The number of nitrogens with zero attached hydrogens (tertiary/aromatic N) is 8. The molecule has 2 unspecified atom stereocenters. The summed E-state index contributed by atoms with van der Waals surface area (Å²) in [6.07, 6.45) is 3.12. The number of ether oxygens (including phenoxy) is 1. The van der Waals surface area contributed by atoms with E-state index in [0.717, 1.165) is 17.8 Å². The van der Waals surface area contributed by atoms with E-state index in [0.29, 0.717) is 37.5 Å². The van der Waals surface area contributed by atoms with Gasteiger partial charge < -0.3 is 9.64 Å². The number of carbonyl (C=O) groups is 1. The number of hydrogen-bond donors (Lipinski definition) is 0. The average molecular weight is 462 g/mol. The Morgan fingerprint density at radius 1 is 1.26 bits per heavy atom. The van der Waals surface area contributed by atoms with Crippen LogP contribution in [-0.2, 0) is 16.0 Å². The van der Waals surface area contributed by atoms with Crippen molar-refractivity contribution in [2.45, 2.75) is 25.5 Å². The molecular formula is C23H23FN8O2. The van der Waals surface area contributed by atoms with Crippen LogP contribution in [0.25, 0.3) is 5.69 Å². The fourth-order valence-electron chi connectivity index (χ4n) is 4.58. The van der Waals surface area contributed by atoms with Crippen molar-refractivity contribution < 1.29 is 13.9 Å². The van der Waals surface area contributed by atoms with Gasteiger partial charge in [-0.15, -0.1) is 5.10 Å². The van der Waals surface area contributed by atoms with Crippen LogP contribution in [0.2, 0.25) is 0 Å². The van der Waals surface area contributed by atoms with Gasteiger partial charge in [0.25, 0.3) is 0 Å². The van der Waals surface area contributed by atoms with Crippen molar-refractivity contribution in [2.75, 3.05) is 32.8 Å². The minimum Gasteiger partial charge on any atom is -0.370 e. The molecule has 1 amide bonds. The number of pyridine rings is 1. The second-order valence-electron chi connectivity index (χ2n) is 8.50.